The molecule has 0 aromatic heterocycles. The Hall–Kier alpha value is -1.64. The maximum absolute atomic E-state index is 12.2. The Balaban J connectivity index is 1.92. The minimum absolute atomic E-state index is 0.128. The zero-order valence-electron chi connectivity index (χ0n) is 10.4. The van der Waals surface area contributed by atoms with Gasteiger partial charge in [-0.15, -0.1) is 0 Å². The number of carboxylic acid groups (broad SMARTS) is 1. The average Bonchev–Trinajstić information content (AvgIpc) is 2.65. The first-order chi connectivity index (χ1) is 8.93. The molecule has 2 rings (SSSR count). The van der Waals surface area contributed by atoms with Crippen molar-refractivity contribution < 1.29 is 29.2 Å². The maximum atomic E-state index is 12.2. The zero-order valence-corrected chi connectivity index (χ0v) is 10.4. The molecule has 2 N–H and O–H groups in total. The van der Waals surface area contributed by atoms with Gasteiger partial charge in [0.2, 0.25) is 0 Å². The smallest absolute Gasteiger partial charge is 0.337 e. The van der Waals surface area contributed by atoms with E-state index in [2.05, 4.69) is 0 Å². The number of carbonyl (C=O) groups is 2. The van der Waals surface area contributed by atoms with Crippen LogP contribution in [0, 0.1) is 5.21 Å². The topological polar surface area (TPSA) is 110 Å². The van der Waals surface area contributed by atoms with E-state index in [1.807, 2.05) is 0 Å². The number of aliphatic hydroxyl groups is 1. The fourth-order valence-electron chi connectivity index (χ4n) is 2.17. The highest BCUT2D eigenvalue weighted by atomic mass is 16.6. The van der Waals surface area contributed by atoms with Crippen LogP contribution in [0.15, 0.2) is 11.3 Å². The largest absolute Gasteiger partial charge is 0.633 e. The van der Waals surface area contributed by atoms with Gasteiger partial charge in [-0.2, -0.15) is 0 Å². The van der Waals surface area contributed by atoms with Crippen LogP contribution < -0.4 is 0 Å². The number of hydroxylamine groups is 3. The van der Waals surface area contributed by atoms with Gasteiger partial charge in [-0.3, -0.25) is 4.79 Å². The van der Waals surface area contributed by atoms with Crippen molar-refractivity contribution in [2.24, 2.45) is 0 Å². The Morgan fingerprint density at radius 1 is 1.42 bits per heavy atom. The van der Waals surface area contributed by atoms with Crippen LogP contribution in [-0.4, -0.2) is 77.6 Å². The minimum Gasteiger partial charge on any atom is -0.633 e. The van der Waals surface area contributed by atoms with E-state index in [1.54, 1.807) is 0 Å². The first kappa shape index (κ1) is 13.8. The molecule has 106 valence electrons. The fraction of sp³-hybridized carbons (Fsp3) is 0.636. The summed E-state index contributed by atoms with van der Waals surface area (Å²) in [5.41, 5.74) is -0.315. The van der Waals surface area contributed by atoms with Crippen molar-refractivity contribution in [1.29, 1.82) is 0 Å². The predicted octanol–water partition coefficient (Wildman–Crippen LogP) is -0.930. The summed E-state index contributed by atoms with van der Waals surface area (Å²) in [6.45, 7) is 1.58. The number of hydrogen-bond donors (Lipinski definition) is 2. The quantitative estimate of drug-likeness (QED) is 0.505. The van der Waals surface area contributed by atoms with Crippen LogP contribution >= 0.6 is 0 Å². The van der Waals surface area contributed by atoms with Crippen molar-refractivity contribution in [3.05, 3.63) is 16.5 Å². The molecule has 8 nitrogen and oxygen atoms in total. The molecule has 8 heteroatoms. The minimum atomic E-state index is -1.31. The molecule has 0 atom stereocenters. The summed E-state index contributed by atoms with van der Waals surface area (Å²) in [6.07, 6.45) is 0. The Kier molecular flexibility index (Phi) is 3.74. The summed E-state index contributed by atoms with van der Waals surface area (Å²) in [5, 5.41) is 30.4. The molecule has 0 saturated carbocycles. The number of ether oxygens (including phenoxy) is 1. The van der Waals surface area contributed by atoms with Crippen LogP contribution in [0.1, 0.15) is 0 Å². The molecular formula is C11H16N2O6. The average molecular weight is 272 g/mol. The van der Waals surface area contributed by atoms with Crippen LogP contribution in [0.5, 0.6) is 0 Å². The second-order valence-electron chi connectivity index (χ2n) is 4.70. The summed E-state index contributed by atoms with van der Waals surface area (Å²) in [5.74, 6) is -2.77. The highest BCUT2D eigenvalue weighted by molar-refractivity contribution is 6.04. The van der Waals surface area contributed by atoms with Gasteiger partial charge in [0.05, 0.1) is 32.8 Å². The van der Waals surface area contributed by atoms with Crippen molar-refractivity contribution in [2.45, 2.75) is 0 Å². The Morgan fingerprint density at radius 2 is 2.05 bits per heavy atom. The molecule has 1 saturated heterocycles. The molecule has 0 bridgehead atoms. The lowest BCUT2D eigenvalue weighted by Gasteiger charge is -2.45. The van der Waals surface area contributed by atoms with Gasteiger partial charge in [0.15, 0.2) is 5.76 Å². The number of quaternary nitrogens is 1. The van der Waals surface area contributed by atoms with Gasteiger partial charge in [-0.1, -0.05) is 0 Å². The summed E-state index contributed by atoms with van der Waals surface area (Å²) in [4.78, 5) is 23.6. The number of morpholine rings is 1. The molecular weight excluding hydrogens is 256 g/mol. The number of nitrogens with zero attached hydrogens (tertiary/aromatic N) is 2. The zero-order chi connectivity index (χ0) is 14.0. The maximum Gasteiger partial charge on any atom is 0.337 e. The summed E-state index contributed by atoms with van der Waals surface area (Å²) in [7, 11) is 0. The molecule has 2 heterocycles. The second kappa shape index (κ2) is 5.16. The number of carbonyl (C=O) groups excluding carboxylic acids is 1. The molecule has 2 aliphatic heterocycles. The SMILES string of the molecule is O=C(O)C1=C(O)C(=O)N(CC[N+]2([O-])CCOCC2)C1. The first-order valence-electron chi connectivity index (χ1n) is 6.02. The predicted molar refractivity (Wildman–Crippen MR) is 62.9 cm³/mol. The van der Waals surface area contributed by atoms with Crippen LogP contribution in [0.4, 0.5) is 0 Å². The molecule has 1 amide bonds. The molecule has 0 aromatic carbocycles. The third kappa shape index (κ3) is 2.86. The van der Waals surface area contributed by atoms with Crippen LogP contribution in [0.2, 0.25) is 0 Å². The molecule has 1 fully saturated rings. The number of aliphatic carboxylic acids is 1. The van der Waals surface area contributed by atoms with Gasteiger partial charge in [0.25, 0.3) is 5.91 Å². The van der Waals surface area contributed by atoms with Gasteiger partial charge in [0.1, 0.15) is 18.7 Å². The molecule has 0 unspecified atom stereocenters. The van der Waals surface area contributed by atoms with E-state index in [0.29, 0.717) is 26.3 Å². The number of hydrogen-bond acceptors (Lipinski definition) is 5. The van der Waals surface area contributed by atoms with Crippen molar-refractivity contribution in [1.82, 2.24) is 4.90 Å². The number of amides is 1. The monoisotopic (exact) mass is 272 g/mol. The third-order valence-corrected chi connectivity index (χ3v) is 3.45. The molecule has 2 aliphatic rings. The second-order valence-corrected chi connectivity index (χ2v) is 4.70. The number of rotatable bonds is 4. The van der Waals surface area contributed by atoms with Crippen molar-refractivity contribution >= 4 is 11.9 Å². The molecule has 0 aliphatic carbocycles. The van der Waals surface area contributed by atoms with Gasteiger partial charge in [-0.05, 0) is 0 Å². The van der Waals surface area contributed by atoms with Crippen molar-refractivity contribution in [3.8, 4) is 0 Å². The van der Waals surface area contributed by atoms with E-state index >= 15 is 0 Å². The normalized spacial score (nSPS) is 23.0. The lowest BCUT2D eigenvalue weighted by atomic mass is 10.3. The highest BCUT2D eigenvalue weighted by Gasteiger charge is 2.35. The highest BCUT2D eigenvalue weighted by Crippen LogP contribution is 2.18. The molecule has 0 radical (unpaired) electrons. The van der Waals surface area contributed by atoms with E-state index < -0.39 is 22.3 Å². The van der Waals surface area contributed by atoms with Crippen molar-refractivity contribution in [3.63, 3.8) is 0 Å². The molecule has 19 heavy (non-hydrogen) atoms. The van der Waals surface area contributed by atoms with Crippen LogP contribution in [0.25, 0.3) is 0 Å². The van der Waals surface area contributed by atoms with Crippen LogP contribution in [0.3, 0.4) is 0 Å². The van der Waals surface area contributed by atoms with Crippen LogP contribution in [-0.2, 0) is 14.3 Å². The summed E-state index contributed by atoms with van der Waals surface area (Å²) >= 11 is 0. The van der Waals surface area contributed by atoms with E-state index in [-0.39, 0.29) is 25.2 Å². The molecule has 0 spiro atoms. The summed E-state index contributed by atoms with van der Waals surface area (Å²) < 4.78 is 4.65. The van der Waals surface area contributed by atoms with E-state index in [9.17, 15) is 19.9 Å². The standard InChI is InChI=1S/C11H16N2O6/c14-9-8(11(16)17)7-12(10(9)15)1-2-13(18)3-5-19-6-4-13/h14H,1-7H2,(H,16,17). The lowest BCUT2D eigenvalue weighted by molar-refractivity contribution is -0.888. The Bertz CT molecular complexity index is 427. The van der Waals surface area contributed by atoms with E-state index in [4.69, 9.17) is 9.84 Å². The van der Waals surface area contributed by atoms with E-state index in [0.717, 1.165) is 0 Å². The molecule has 0 aromatic rings. The van der Waals surface area contributed by atoms with Gasteiger partial charge in [0, 0.05) is 0 Å². The first-order valence-corrected chi connectivity index (χ1v) is 6.02. The summed E-state index contributed by atoms with van der Waals surface area (Å²) in [6, 6.07) is 0. The van der Waals surface area contributed by atoms with Gasteiger partial charge >= 0.3 is 5.97 Å². The number of aliphatic hydroxyl groups excluding tert-OH is 1. The fourth-order valence-corrected chi connectivity index (χ4v) is 2.17. The van der Waals surface area contributed by atoms with E-state index in [1.165, 1.54) is 4.90 Å². The van der Waals surface area contributed by atoms with Crippen molar-refractivity contribution in [2.75, 3.05) is 45.9 Å². The van der Waals surface area contributed by atoms with Gasteiger partial charge in [-0.25, -0.2) is 4.79 Å². The Morgan fingerprint density at radius 3 is 2.58 bits per heavy atom. The lowest BCUT2D eigenvalue weighted by Crippen LogP contribution is -2.53. The third-order valence-electron chi connectivity index (χ3n) is 3.45. The Labute approximate surface area is 109 Å². The number of carboxylic acids is 1. The van der Waals surface area contributed by atoms with Gasteiger partial charge < -0.3 is 29.7 Å².